The van der Waals surface area contributed by atoms with Crippen LogP contribution < -0.4 is 0 Å². The Labute approximate surface area is 351 Å². The molecule has 0 radical (unpaired) electrons. The van der Waals surface area contributed by atoms with E-state index in [1.165, 1.54) is 116 Å². The molecule has 0 N–H and O–H groups in total. The van der Waals surface area contributed by atoms with Crippen LogP contribution in [0.15, 0.2) is 60.8 Å². The first-order valence-corrected chi connectivity index (χ1v) is 23.8. The maximum atomic E-state index is 12.7. The monoisotopic (exact) mass is 797 g/mol. The molecule has 0 aromatic rings. The summed E-state index contributed by atoms with van der Waals surface area (Å²) in [5.74, 6) is -1.07. The summed E-state index contributed by atoms with van der Waals surface area (Å²) in [6.07, 6.45) is 55.4. The van der Waals surface area contributed by atoms with Crippen molar-refractivity contribution in [2.24, 2.45) is 0 Å². The molecule has 0 aliphatic carbocycles. The lowest BCUT2D eigenvalue weighted by Gasteiger charge is -2.18. The van der Waals surface area contributed by atoms with E-state index in [4.69, 9.17) is 14.2 Å². The summed E-state index contributed by atoms with van der Waals surface area (Å²) in [7, 11) is 0. The molecule has 0 aliphatic rings. The van der Waals surface area contributed by atoms with Crippen molar-refractivity contribution < 1.29 is 28.6 Å². The summed E-state index contributed by atoms with van der Waals surface area (Å²) in [4.78, 5) is 37.6. The quantitative estimate of drug-likeness (QED) is 0.0201. The van der Waals surface area contributed by atoms with Crippen molar-refractivity contribution in [2.45, 2.75) is 232 Å². The van der Waals surface area contributed by atoms with Gasteiger partial charge < -0.3 is 14.2 Å². The van der Waals surface area contributed by atoms with Gasteiger partial charge in [-0.2, -0.15) is 0 Å². The fourth-order valence-electron chi connectivity index (χ4n) is 6.48. The minimum Gasteiger partial charge on any atom is -0.462 e. The molecule has 1 unspecified atom stereocenters. The number of esters is 3. The number of carbonyl (C=O) groups is 3. The molecule has 0 bridgehead atoms. The Bertz CT molecular complexity index is 1050. The number of unbranched alkanes of at least 4 members (excludes halogenated alkanes) is 23. The third-order valence-corrected chi connectivity index (χ3v) is 10.1. The SMILES string of the molecule is CC/C=C\C/C=C\C/C=C\CC(=O)OCC(COC(=O)CCCCCCCCCCCCCCCCCCCCC)OC(=O)CCCCC/C=C\C=C/CCCC. The van der Waals surface area contributed by atoms with Crippen LogP contribution in [-0.2, 0) is 28.6 Å². The maximum Gasteiger partial charge on any atom is 0.309 e. The van der Waals surface area contributed by atoms with Crippen molar-refractivity contribution in [1.82, 2.24) is 0 Å². The van der Waals surface area contributed by atoms with Crippen LogP contribution in [-0.4, -0.2) is 37.2 Å². The molecule has 0 aromatic heterocycles. The Morgan fingerprint density at radius 1 is 0.404 bits per heavy atom. The van der Waals surface area contributed by atoms with E-state index in [1.54, 1.807) is 6.08 Å². The largest absolute Gasteiger partial charge is 0.462 e. The fourth-order valence-corrected chi connectivity index (χ4v) is 6.48. The second kappa shape index (κ2) is 45.8. The van der Waals surface area contributed by atoms with Crippen molar-refractivity contribution in [1.29, 1.82) is 0 Å². The van der Waals surface area contributed by atoms with Gasteiger partial charge in [0.15, 0.2) is 6.10 Å². The van der Waals surface area contributed by atoms with Gasteiger partial charge in [0.2, 0.25) is 0 Å². The molecule has 57 heavy (non-hydrogen) atoms. The van der Waals surface area contributed by atoms with Crippen LogP contribution in [0.1, 0.15) is 226 Å². The van der Waals surface area contributed by atoms with E-state index in [0.717, 1.165) is 70.6 Å². The van der Waals surface area contributed by atoms with Gasteiger partial charge in [0.1, 0.15) is 13.2 Å². The predicted octanol–water partition coefficient (Wildman–Crippen LogP) is 15.3. The van der Waals surface area contributed by atoms with Crippen LogP contribution in [0.5, 0.6) is 0 Å². The zero-order valence-electron chi connectivity index (χ0n) is 37.3. The van der Waals surface area contributed by atoms with Gasteiger partial charge in [0.25, 0.3) is 0 Å². The Morgan fingerprint density at radius 3 is 1.32 bits per heavy atom. The van der Waals surface area contributed by atoms with Gasteiger partial charge in [0.05, 0.1) is 6.42 Å². The highest BCUT2D eigenvalue weighted by Gasteiger charge is 2.19. The van der Waals surface area contributed by atoms with Gasteiger partial charge in [-0.25, -0.2) is 0 Å². The molecule has 1 atom stereocenters. The normalized spacial score (nSPS) is 12.5. The molecule has 0 fully saturated rings. The van der Waals surface area contributed by atoms with Crippen LogP contribution in [0.25, 0.3) is 0 Å². The van der Waals surface area contributed by atoms with Gasteiger partial charge in [0, 0.05) is 12.8 Å². The molecule has 328 valence electrons. The van der Waals surface area contributed by atoms with Gasteiger partial charge in [-0.1, -0.05) is 216 Å². The van der Waals surface area contributed by atoms with E-state index >= 15 is 0 Å². The van der Waals surface area contributed by atoms with Gasteiger partial charge in [-0.05, 0) is 51.4 Å². The predicted molar refractivity (Wildman–Crippen MR) is 242 cm³/mol. The van der Waals surface area contributed by atoms with Crippen LogP contribution >= 0.6 is 0 Å². The maximum absolute atomic E-state index is 12.7. The first-order chi connectivity index (χ1) is 28.0. The van der Waals surface area contributed by atoms with E-state index in [1.807, 2.05) is 6.08 Å². The average Bonchev–Trinajstić information content (AvgIpc) is 3.21. The third-order valence-electron chi connectivity index (χ3n) is 10.1. The van der Waals surface area contributed by atoms with Crippen molar-refractivity contribution in [3.05, 3.63) is 60.8 Å². The lowest BCUT2D eigenvalue weighted by atomic mass is 10.0. The van der Waals surface area contributed by atoms with Crippen LogP contribution in [0, 0.1) is 0 Å². The summed E-state index contributed by atoms with van der Waals surface area (Å²) in [5, 5.41) is 0. The van der Waals surface area contributed by atoms with E-state index in [-0.39, 0.29) is 38.0 Å². The van der Waals surface area contributed by atoms with Gasteiger partial charge >= 0.3 is 17.9 Å². The van der Waals surface area contributed by atoms with Crippen molar-refractivity contribution in [3.63, 3.8) is 0 Å². The number of rotatable bonds is 42. The number of carbonyl (C=O) groups excluding carboxylic acids is 3. The summed E-state index contributed by atoms with van der Waals surface area (Å²) < 4.78 is 16.6. The molecule has 0 aliphatic heterocycles. The molecule has 6 nitrogen and oxygen atoms in total. The smallest absolute Gasteiger partial charge is 0.309 e. The lowest BCUT2D eigenvalue weighted by Crippen LogP contribution is -2.30. The average molecular weight is 797 g/mol. The zero-order valence-corrected chi connectivity index (χ0v) is 37.3. The number of hydrogen-bond acceptors (Lipinski definition) is 6. The molecular formula is C51H88O6. The fraction of sp³-hybridized carbons (Fsp3) is 0.745. The zero-order chi connectivity index (χ0) is 41.5. The lowest BCUT2D eigenvalue weighted by molar-refractivity contribution is -0.166. The molecule has 0 heterocycles. The second-order valence-corrected chi connectivity index (χ2v) is 15.7. The van der Waals surface area contributed by atoms with Crippen LogP contribution in [0.3, 0.4) is 0 Å². The van der Waals surface area contributed by atoms with Crippen molar-refractivity contribution in [3.8, 4) is 0 Å². The molecule has 0 rings (SSSR count). The van der Waals surface area contributed by atoms with E-state index in [0.29, 0.717) is 6.42 Å². The van der Waals surface area contributed by atoms with Gasteiger partial charge in [-0.15, -0.1) is 0 Å². The van der Waals surface area contributed by atoms with Crippen molar-refractivity contribution >= 4 is 17.9 Å². The van der Waals surface area contributed by atoms with E-state index in [2.05, 4.69) is 69.4 Å². The molecule has 0 saturated carbocycles. The van der Waals surface area contributed by atoms with Crippen LogP contribution in [0.4, 0.5) is 0 Å². The molecule has 0 aromatic carbocycles. The van der Waals surface area contributed by atoms with E-state index in [9.17, 15) is 14.4 Å². The molecule has 0 amide bonds. The Morgan fingerprint density at radius 2 is 0.807 bits per heavy atom. The summed E-state index contributed by atoms with van der Waals surface area (Å²) >= 11 is 0. The highest BCUT2D eigenvalue weighted by atomic mass is 16.6. The Kier molecular flexibility index (Phi) is 43.5. The number of ether oxygens (including phenoxy) is 3. The molecule has 6 heteroatoms. The summed E-state index contributed by atoms with van der Waals surface area (Å²) in [6.45, 7) is 6.34. The highest BCUT2D eigenvalue weighted by Crippen LogP contribution is 2.15. The Hall–Kier alpha value is -2.89. The topological polar surface area (TPSA) is 78.9 Å². The number of hydrogen-bond donors (Lipinski definition) is 0. The highest BCUT2D eigenvalue weighted by molar-refractivity contribution is 5.72. The first-order valence-electron chi connectivity index (χ1n) is 23.8. The van der Waals surface area contributed by atoms with Crippen LogP contribution in [0.2, 0.25) is 0 Å². The van der Waals surface area contributed by atoms with Gasteiger partial charge in [-0.3, -0.25) is 14.4 Å². The molecule has 0 saturated heterocycles. The Balaban J connectivity index is 4.32. The first kappa shape index (κ1) is 54.1. The van der Waals surface area contributed by atoms with Crippen molar-refractivity contribution in [2.75, 3.05) is 13.2 Å². The third kappa shape index (κ3) is 44.1. The number of allylic oxidation sites excluding steroid dienone is 9. The summed E-state index contributed by atoms with van der Waals surface area (Å²) in [6, 6.07) is 0. The molecule has 0 spiro atoms. The second-order valence-electron chi connectivity index (χ2n) is 15.7. The summed E-state index contributed by atoms with van der Waals surface area (Å²) in [5.41, 5.74) is 0. The minimum atomic E-state index is -0.818. The standard InChI is InChI=1S/C51H88O6/c1-4-7-10-13-16-19-21-22-23-24-25-26-27-28-30-32-35-38-41-44-50(53)56-47-48(46-55-49(52)43-40-37-34-31-18-15-12-9-6-3)57-51(54)45-42-39-36-33-29-20-17-14-11-8-5-2/h9,12,14,17-18,20,29,31,37,40,48H,4-8,10-11,13,15-16,19,21-28,30,32-36,38-39,41-47H2,1-3H3/b12-9-,17-14-,29-20-,31-18-,40-37-. The molecular weight excluding hydrogens is 709 g/mol. The van der Waals surface area contributed by atoms with E-state index < -0.39 is 12.1 Å². The minimum absolute atomic E-state index is 0.110.